The number of hydrogen-bond donors (Lipinski definition) is 2. The molecule has 2 aromatic heterocycles. The summed E-state index contributed by atoms with van der Waals surface area (Å²) in [5.74, 6) is 0.684. The molecule has 0 aliphatic rings. The molecule has 1 aromatic carbocycles. The van der Waals surface area contributed by atoms with Gasteiger partial charge in [0, 0.05) is 22.2 Å². The number of nitrogens with zero attached hydrogens (tertiary/aromatic N) is 2. The molecule has 0 bridgehead atoms. The van der Waals surface area contributed by atoms with Crippen molar-refractivity contribution in [1.29, 1.82) is 0 Å². The molecule has 0 saturated heterocycles. The summed E-state index contributed by atoms with van der Waals surface area (Å²) in [7, 11) is 0. The molecule has 3 aromatic rings. The molecule has 0 saturated carbocycles. The average Bonchev–Trinajstić information content (AvgIpc) is 3.18. The number of benzene rings is 1. The largest absolute Gasteiger partial charge is 0.478 e. The Hall–Kier alpha value is -2.99. The van der Waals surface area contributed by atoms with Crippen molar-refractivity contribution in [2.24, 2.45) is 0 Å². The van der Waals surface area contributed by atoms with Crippen LogP contribution in [-0.4, -0.2) is 21.0 Å². The van der Waals surface area contributed by atoms with Crippen molar-refractivity contribution in [3.05, 3.63) is 70.6 Å². The van der Waals surface area contributed by atoms with Gasteiger partial charge in [0.15, 0.2) is 5.82 Å². The number of carboxylic acids is 1. The van der Waals surface area contributed by atoms with Gasteiger partial charge in [0.05, 0.1) is 11.3 Å². The molecule has 0 spiro atoms. The smallest absolute Gasteiger partial charge is 0.335 e. The zero-order valence-corrected chi connectivity index (χ0v) is 16.1. The third-order valence-corrected chi connectivity index (χ3v) is 4.79. The highest BCUT2D eigenvalue weighted by Gasteiger charge is 2.17. The van der Waals surface area contributed by atoms with Crippen LogP contribution in [0.3, 0.4) is 0 Å². The van der Waals surface area contributed by atoms with Crippen molar-refractivity contribution in [3.63, 3.8) is 0 Å². The minimum atomic E-state index is -0.947. The van der Waals surface area contributed by atoms with Crippen molar-refractivity contribution in [3.8, 4) is 11.4 Å². The number of carboxylic acid groups (broad SMARTS) is 1. The van der Waals surface area contributed by atoms with Crippen molar-refractivity contribution in [1.82, 2.24) is 9.97 Å². The monoisotopic (exact) mass is 379 g/mol. The van der Waals surface area contributed by atoms with Gasteiger partial charge in [0.2, 0.25) is 0 Å². The van der Waals surface area contributed by atoms with Gasteiger partial charge in [-0.25, -0.2) is 14.8 Å². The Morgan fingerprint density at radius 3 is 2.56 bits per heavy atom. The first kappa shape index (κ1) is 18.8. The van der Waals surface area contributed by atoms with E-state index in [0.717, 1.165) is 28.3 Å². The Kier molecular flexibility index (Phi) is 5.66. The lowest BCUT2D eigenvalue weighted by Gasteiger charge is -2.17. The minimum Gasteiger partial charge on any atom is -0.478 e. The predicted octanol–water partition coefficient (Wildman–Crippen LogP) is 5.50. The summed E-state index contributed by atoms with van der Waals surface area (Å²) in [4.78, 5) is 20.6. The van der Waals surface area contributed by atoms with Crippen LogP contribution < -0.4 is 5.32 Å². The fourth-order valence-corrected chi connectivity index (χ4v) is 3.42. The Labute approximate surface area is 162 Å². The lowest BCUT2D eigenvalue weighted by atomic mass is 10.0. The molecule has 27 heavy (non-hydrogen) atoms. The first-order valence-electron chi connectivity index (χ1n) is 8.64. The van der Waals surface area contributed by atoms with Crippen LogP contribution in [0.1, 0.15) is 41.4 Å². The molecule has 0 radical (unpaired) electrons. The van der Waals surface area contributed by atoms with Crippen LogP contribution in [0.4, 0.5) is 11.5 Å². The summed E-state index contributed by atoms with van der Waals surface area (Å²) in [5.41, 5.74) is 3.99. The Bertz CT molecular complexity index is 948. The molecule has 6 heteroatoms. The quantitative estimate of drug-likeness (QED) is 0.530. The van der Waals surface area contributed by atoms with Gasteiger partial charge in [-0.05, 0) is 48.1 Å². The summed E-state index contributed by atoms with van der Waals surface area (Å²) in [6.07, 6.45) is 2.49. The van der Waals surface area contributed by atoms with Crippen LogP contribution in [0, 0.1) is 0 Å². The van der Waals surface area contributed by atoms with Gasteiger partial charge in [-0.1, -0.05) is 19.9 Å². The zero-order valence-electron chi connectivity index (χ0n) is 15.3. The minimum absolute atomic E-state index is 0.232. The SMILES string of the molecule is C=CCc1c(Nc2ccc(C(=O)O)cc2)nc(-c2ccsc2)nc1C(C)C. The first-order chi connectivity index (χ1) is 13.0. The van der Waals surface area contributed by atoms with E-state index >= 15 is 0 Å². The molecule has 2 N–H and O–H groups in total. The van der Waals surface area contributed by atoms with Crippen LogP contribution in [0.25, 0.3) is 11.4 Å². The van der Waals surface area contributed by atoms with Crippen molar-refractivity contribution >= 4 is 28.8 Å². The van der Waals surface area contributed by atoms with Crippen molar-refractivity contribution in [2.75, 3.05) is 5.32 Å². The molecule has 0 amide bonds. The highest BCUT2D eigenvalue weighted by atomic mass is 32.1. The molecule has 0 atom stereocenters. The topological polar surface area (TPSA) is 75.1 Å². The van der Waals surface area contributed by atoms with Crippen molar-refractivity contribution in [2.45, 2.75) is 26.2 Å². The van der Waals surface area contributed by atoms with Crippen LogP contribution in [0.5, 0.6) is 0 Å². The van der Waals surface area contributed by atoms with E-state index in [1.807, 2.05) is 22.9 Å². The summed E-state index contributed by atoms with van der Waals surface area (Å²) in [5, 5.41) is 16.4. The van der Waals surface area contributed by atoms with E-state index in [4.69, 9.17) is 15.1 Å². The van der Waals surface area contributed by atoms with Gasteiger partial charge in [-0.15, -0.1) is 6.58 Å². The van der Waals surface area contributed by atoms with Crippen LogP contribution in [0.2, 0.25) is 0 Å². The number of rotatable bonds is 7. The van der Waals surface area contributed by atoms with E-state index in [-0.39, 0.29) is 11.5 Å². The van der Waals surface area contributed by atoms with Gasteiger partial charge in [-0.2, -0.15) is 11.3 Å². The molecule has 0 aliphatic carbocycles. The van der Waals surface area contributed by atoms with Crippen LogP contribution in [-0.2, 0) is 6.42 Å². The third-order valence-electron chi connectivity index (χ3n) is 4.11. The molecule has 3 rings (SSSR count). The average molecular weight is 379 g/mol. The third kappa shape index (κ3) is 4.23. The highest BCUT2D eigenvalue weighted by Crippen LogP contribution is 2.30. The summed E-state index contributed by atoms with van der Waals surface area (Å²) in [6, 6.07) is 8.62. The molecular formula is C21H21N3O2S. The van der Waals surface area contributed by atoms with Gasteiger partial charge in [-0.3, -0.25) is 0 Å². The van der Waals surface area contributed by atoms with Gasteiger partial charge < -0.3 is 10.4 Å². The number of aromatic nitrogens is 2. The molecule has 0 unspecified atom stereocenters. The fraction of sp³-hybridized carbons (Fsp3) is 0.190. The van der Waals surface area contributed by atoms with E-state index in [2.05, 4.69) is 25.7 Å². The maximum atomic E-state index is 11.1. The maximum Gasteiger partial charge on any atom is 0.335 e. The van der Waals surface area contributed by atoms with E-state index in [1.165, 1.54) is 0 Å². The number of hydrogen-bond acceptors (Lipinski definition) is 5. The summed E-state index contributed by atoms with van der Waals surface area (Å²) < 4.78 is 0. The Morgan fingerprint density at radius 2 is 2.00 bits per heavy atom. The molecule has 0 fully saturated rings. The van der Waals surface area contributed by atoms with Gasteiger partial charge >= 0.3 is 5.97 Å². The molecule has 0 aliphatic heterocycles. The normalized spacial score (nSPS) is 10.8. The maximum absolute atomic E-state index is 11.1. The Balaban J connectivity index is 2.07. The number of aromatic carboxylic acids is 1. The number of carbonyl (C=O) groups is 1. The summed E-state index contributed by atoms with van der Waals surface area (Å²) in [6.45, 7) is 8.08. The molecular weight excluding hydrogens is 358 g/mol. The van der Waals surface area contributed by atoms with Crippen LogP contribution in [0.15, 0.2) is 53.7 Å². The molecule has 5 nitrogen and oxygen atoms in total. The van der Waals surface area contributed by atoms with Gasteiger partial charge in [0.25, 0.3) is 0 Å². The van der Waals surface area contributed by atoms with Crippen molar-refractivity contribution < 1.29 is 9.90 Å². The second-order valence-electron chi connectivity index (χ2n) is 6.43. The number of anilines is 2. The van der Waals surface area contributed by atoms with E-state index in [1.54, 1.807) is 35.6 Å². The summed E-state index contributed by atoms with van der Waals surface area (Å²) >= 11 is 1.61. The second-order valence-corrected chi connectivity index (χ2v) is 7.21. The standard InChI is InChI=1S/C21H21N3O2S/c1-4-5-17-18(13(2)3)23-19(15-10-11-27-12-15)24-20(17)22-16-8-6-14(7-9-16)21(25)26/h4,6-13H,1,5H2,2-3H3,(H,25,26)(H,22,23,24). The molecule has 2 heterocycles. The second kappa shape index (κ2) is 8.14. The zero-order chi connectivity index (χ0) is 19.4. The highest BCUT2D eigenvalue weighted by molar-refractivity contribution is 7.08. The Morgan fingerprint density at radius 1 is 1.26 bits per heavy atom. The lowest BCUT2D eigenvalue weighted by molar-refractivity contribution is 0.0697. The van der Waals surface area contributed by atoms with Gasteiger partial charge in [0.1, 0.15) is 5.82 Å². The predicted molar refractivity (Wildman–Crippen MR) is 110 cm³/mol. The lowest BCUT2D eigenvalue weighted by Crippen LogP contribution is -2.09. The number of nitrogens with one attached hydrogen (secondary N) is 1. The number of thiophene rings is 1. The van der Waals surface area contributed by atoms with Crippen LogP contribution >= 0.6 is 11.3 Å². The fourth-order valence-electron chi connectivity index (χ4n) is 2.78. The van der Waals surface area contributed by atoms with E-state index in [0.29, 0.717) is 12.2 Å². The first-order valence-corrected chi connectivity index (χ1v) is 9.58. The van der Waals surface area contributed by atoms with E-state index < -0.39 is 5.97 Å². The molecule has 138 valence electrons. The number of allylic oxidation sites excluding steroid dienone is 1. The van der Waals surface area contributed by atoms with E-state index in [9.17, 15) is 4.79 Å².